The third-order valence-corrected chi connectivity index (χ3v) is 12.9. The lowest BCUT2D eigenvalue weighted by Crippen LogP contribution is -2.75. The van der Waals surface area contributed by atoms with Crippen molar-refractivity contribution in [3.8, 4) is 11.5 Å². The highest BCUT2D eigenvalue weighted by molar-refractivity contribution is 6.51. The summed E-state index contributed by atoms with van der Waals surface area (Å²) >= 11 is 7.38. The summed E-state index contributed by atoms with van der Waals surface area (Å²) in [6.07, 6.45) is 1.21. The van der Waals surface area contributed by atoms with Gasteiger partial charge < -0.3 is 20.1 Å². The molecule has 12 heteroatoms. The van der Waals surface area contributed by atoms with Crippen molar-refractivity contribution in [2.75, 3.05) is 17.7 Å². The Bertz CT molecular complexity index is 2550. The van der Waals surface area contributed by atoms with Crippen LogP contribution in [0.5, 0.6) is 11.5 Å². The summed E-state index contributed by atoms with van der Waals surface area (Å²) in [5.74, 6) is -5.52. The second-order valence-electron chi connectivity index (χ2n) is 16.9. The van der Waals surface area contributed by atoms with Crippen LogP contribution in [0.1, 0.15) is 120 Å². The van der Waals surface area contributed by atoms with Crippen molar-refractivity contribution in [1.82, 2.24) is 0 Å². The molecule has 1 heterocycles. The number of nitrogens with zero attached hydrogens (tertiary/aromatic N) is 1. The molecule has 1 aliphatic rings. The maximum atomic E-state index is 15.0. The Balaban J connectivity index is 1.37. The smallest absolute Gasteiger partial charge is 0.364 e. The molecule has 0 saturated carbocycles. The molecule has 1 aliphatic heterocycles. The fourth-order valence-corrected chi connectivity index (χ4v) is 7.98. The first kappa shape index (κ1) is 46.1. The normalized spacial score (nSPS) is 14.8. The van der Waals surface area contributed by atoms with Crippen molar-refractivity contribution in [2.45, 2.75) is 89.7 Å². The second kappa shape index (κ2) is 18.1. The van der Waals surface area contributed by atoms with E-state index in [1.54, 1.807) is 18.2 Å². The summed E-state index contributed by atoms with van der Waals surface area (Å²) in [6, 6.07) is 30.8. The zero-order valence-corrected chi connectivity index (χ0v) is 37.6. The molecule has 2 N–H and O–H groups in total. The van der Waals surface area contributed by atoms with Gasteiger partial charge in [0.15, 0.2) is 6.10 Å². The van der Waals surface area contributed by atoms with Crippen molar-refractivity contribution in [2.24, 2.45) is 0 Å². The van der Waals surface area contributed by atoms with Crippen LogP contribution in [0.25, 0.3) is 0 Å². The van der Waals surface area contributed by atoms with Gasteiger partial charge in [0.25, 0.3) is 11.7 Å². The van der Waals surface area contributed by atoms with Crippen LogP contribution in [-0.4, -0.2) is 58.0 Å². The molecule has 11 nitrogen and oxygen atoms in total. The third kappa shape index (κ3) is 8.31. The number of rotatable bonds is 16. The number of ketones is 1. The Morgan fingerprint density at radius 3 is 1.79 bits per heavy atom. The van der Waals surface area contributed by atoms with Crippen LogP contribution in [0.3, 0.4) is 0 Å². The van der Waals surface area contributed by atoms with E-state index >= 15 is 4.79 Å². The van der Waals surface area contributed by atoms with E-state index in [0.29, 0.717) is 17.9 Å². The van der Waals surface area contributed by atoms with Gasteiger partial charge >= 0.3 is 28.6 Å². The van der Waals surface area contributed by atoms with E-state index in [-0.39, 0.29) is 44.5 Å². The Morgan fingerprint density at radius 2 is 1.24 bits per heavy atom. The third-order valence-electron chi connectivity index (χ3n) is 12.3. The number of benzene rings is 5. The first-order valence-electron chi connectivity index (χ1n) is 21.0. The lowest BCUT2D eigenvalue weighted by atomic mass is 9.76. The first-order chi connectivity index (χ1) is 29.9. The van der Waals surface area contributed by atoms with E-state index < -0.39 is 50.9 Å². The molecule has 5 aromatic rings. The lowest BCUT2D eigenvalue weighted by Gasteiger charge is -2.38. The van der Waals surface area contributed by atoms with Gasteiger partial charge in [-0.1, -0.05) is 101 Å². The van der Waals surface area contributed by atoms with E-state index in [1.165, 1.54) is 97.6 Å². The number of carbonyl (C=O) groups is 6. The van der Waals surface area contributed by atoms with Gasteiger partial charge in [0, 0.05) is 22.5 Å². The number of halogens is 1. The Hall–Kier alpha value is -6.43. The molecular weight excluding hydrogens is 818 g/mol. The quantitative estimate of drug-likeness (QED) is 0.0249. The Labute approximate surface area is 373 Å². The number of nitrogens with one attached hydrogen (secondary N) is 2. The van der Waals surface area contributed by atoms with Crippen LogP contribution in [0, 0.1) is 0 Å². The zero-order chi connectivity index (χ0) is 45.9. The van der Waals surface area contributed by atoms with Gasteiger partial charge in [-0.15, -0.1) is 0 Å². The van der Waals surface area contributed by atoms with Crippen molar-refractivity contribution < 1.29 is 42.7 Å². The van der Waals surface area contributed by atoms with Gasteiger partial charge in [-0.05, 0) is 120 Å². The molecule has 0 radical (unpaired) electrons. The number of fused-ring (bicyclic) bond motifs is 1. The number of hydrogen-bond acceptors (Lipinski definition) is 8. The zero-order valence-electron chi connectivity index (χ0n) is 36.8. The SMILES string of the molecule is CCC(Oc1ccc(C(C)(C)CC)cc1C(C)(C)CC)C(=O)Nc1cccc(NC(=O)C(Cl)(C(=O)c2ccc(OC)cc2)[N+]2(C(=O)c3ccccc3)C(=O)c3ccccc3C2=O)c1. The Kier molecular flexibility index (Phi) is 13.3. The summed E-state index contributed by atoms with van der Waals surface area (Å²) in [7, 11) is 1.43. The monoisotopic (exact) mass is 870 g/mol. The number of methoxy groups -OCH3 is 1. The molecule has 0 fully saturated rings. The van der Waals surface area contributed by atoms with Gasteiger partial charge in [0.2, 0.25) is 0 Å². The minimum atomic E-state index is -3.25. The second-order valence-corrected chi connectivity index (χ2v) is 17.4. The molecule has 5 aromatic carbocycles. The first-order valence-corrected chi connectivity index (χ1v) is 21.4. The maximum Gasteiger partial charge on any atom is 0.364 e. The number of hydrogen-bond donors (Lipinski definition) is 2. The summed E-state index contributed by atoms with van der Waals surface area (Å²) in [6.45, 7) is 14.8. The fraction of sp³-hybridized carbons (Fsp3) is 0.294. The van der Waals surface area contributed by atoms with Crippen molar-refractivity contribution in [3.63, 3.8) is 0 Å². The minimum absolute atomic E-state index is 0.0300. The number of quaternary nitrogens is 1. The van der Waals surface area contributed by atoms with Gasteiger partial charge in [-0.3, -0.25) is 14.4 Å². The summed E-state index contributed by atoms with van der Waals surface area (Å²) in [5, 5.41) is 5.49. The van der Waals surface area contributed by atoms with Crippen LogP contribution >= 0.6 is 11.6 Å². The predicted molar refractivity (Wildman–Crippen MR) is 244 cm³/mol. The van der Waals surface area contributed by atoms with Gasteiger partial charge in [0.1, 0.15) is 11.5 Å². The lowest BCUT2D eigenvalue weighted by molar-refractivity contribution is -0.696. The van der Waals surface area contributed by atoms with E-state index in [2.05, 4.69) is 58.2 Å². The molecule has 0 aliphatic carbocycles. The summed E-state index contributed by atoms with van der Waals surface area (Å²) in [4.78, 5) is 85.1. The molecule has 0 bridgehead atoms. The van der Waals surface area contributed by atoms with E-state index in [1.807, 2.05) is 19.1 Å². The van der Waals surface area contributed by atoms with Crippen LogP contribution in [0.4, 0.5) is 11.4 Å². The average molecular weight is 871 g/mol. The molecule has 0 spiro atoms. The number of amides is 5. The van der Waals surface area contributed by atoms with Crippen molar-refractivity contribution in [1.29, 1.82) is 0 Å². The highest BCUT2D eigenvalue weighted by Gasteiger charge is 2.77. The molecule has 0 aromatic heterocycles. The van der Waals surface area contributed by atoms with Crippen molar-refractivity contribution >= 4 is 58.3 Å². The average Bonchev–Trinajstić information content (AvgIpc) is 3.53. The highest BCUT2D eigenvalue weighted by atomic mass is 35.5. The summed E-state index contributed by atoms with van der Waals surface area (Å²) < 4.78 is 9.70. The summed E-state index contributed by atoms with van der Waals surface area (Å²) in [5.41, 5.74) is 1.45. The van der Waals surface area contributed by atoms with Crippen LogP contribution in [0.2, 0.25) is 0 Å². The van der Waals surface area contributed by atoms with E-state index in [4.69, 9.17) is 21.1 Å². The molecule has 0 saturated heterocycles. The number of Topliss-reactive ketones (excluding diaryl/α,β-unsaturated/α-hetero) is 1. The number of carbonyl (C=O) groups excluding carboxylic acids is 6. The fourth-order valence-electron chi connectivity index (χ4n) is 7.59. The number of imide groups is 3. The van der Waals surface area contributed by atoms with E-state index in [9.17, 15) is 24.0 Å². The standard InChI is InChI=1S/C51H52ClN3O8/c1-9-41(63-42-29-26-34(49(4,5)10-2)30-40(42)50(6,7)11-3)44(57)53-35-20-17-21-36(31-35)54-48(61)51(52,43(56)32-24-27-37(62-8)28-25-32)55(45(58)33-18-13-12-14-19-33)46(59)38-22-15-16-23-39(38)47(55)60/h12-31,41H,9-11H2,1-8H3,(H-,53,54,57,61)/p+1. The Morgan fingerprint density at radius 1 is 0.667 bits per heavy atom. The van der Waals surface area contributed by atoms with Gasteiger partial charge in [0.05, 0.1) is 23.8 Å². The minimum Gasteiger partial charge on any atom is -0.497 e. The number of anilines is 2. The molecule has 63 heavy (non-hydrogen) atoms. The molecule has 2 atom stereocenters. The topological polar surface area (TPSA) is 145 Å². The predicted octanol–water partition coefficient (Wildman–Crippen LogP) is 10.3. The number of alkyl halides is 1. The molecule has 326 valence electrons. The molecule has 2 unspecified atom stereocenters. The molecule has 5 amide bonds. The maximum absolute atomic E-state index is 15.0. The highest BCUT2D eigenvalue weighted by Crippen LogP contribution is 2.45. The van der Waals surface area contributed by atoms with Crippen LogP contribution < -0.4 is 20.1 Å². The van der Waals surface area contributed by atoms with Crippen LogP contribution in [-0.2, 0) is 20.4 Å². The van der Waals surface area contributed by atoms with Gasteiger partial charge in [-0.2, -0.15) is 0 Å². The number of ether oxygens (including phenoxy) is 2. The van der Waals surface area contributed by atoms with Crippen molar-refractivity contribution in [3.05, 3.63) is 155 Å². The van der Waals surface area contributed by atoms with E-state index in [0.717, 1.165) is 18.4 Å². The van der Waals surface area contributed by atoms with Crippen LogP contribution in [0.15, 0.2) is 121 Å². The molecule has 6 rings (SSSR count). The molecular formula is C51H53ClN3O8+. The largest absolute Gasteiger partial charge is 0.497 e. The van der Waals surface area contributed by atoms with Gasteiger partial charge in [-0.25, -0.2) is 14.4 Å².